The molecule has 0 unspecified atom stereocenters. The number of hydrogen-bond donors (Lipinski definition) is 1. The van der Waals surface area contributed by atoms with Crippen LogP contribution in [0.4, 0.5) is 0 Å². The molecule has 0 aliphatic carbocycles. The van der Waals surface area contributed by atoms with E-state index in [1.165, 1.54) is 0 Å². The van der Waals surface area contributed by atoms with Crippen LogP contribution in [-0.4, -0.2) is 9.97 Å². The van der Waals surface area contributed by atoms with Crippen molar-refractivity contribution in [3.63, 3.8) is 0 Å². The number of H-pyrrole nitrogens is 1. The predicted molar refractivity (Wildman–Crippen MR) is 133 cm³/mol. The second kappa shape index (κ2) is 7.88. The number of nitriles is 1. The number of hydrogen-bond acceptors (Lipinski definition) is 4. The minimum Gasteiger partial charge on any atom is -0.422 e. The van der Waals surface area contributed by atoms with Gasteiger partial charge in [-0.3, -0.25) is 0 Å². The van der Waals surface area contributed by atoms with Gasteiger partial charge >= 0.3 is 5.63 Å². The van der Waals surface area contributed by atoms with Crippen LogP contribution in [0.25, 0.3) is 55.5 Å². The molecule has 3 heterocycles. The minimum atomic E-state index is -0.472. The van der Waals surface area contributed by atoms with Crippen molar-refractivity contribution < 1.29 is 4.42 Å². The molecule has 0 bridgehead atoms. The molecule has 0 atom stereocenters. The fourth-order valence-electron chi connectivity index (χ4n) is 4.34. The topological polar surface area (TPSA) is 82.7 Å². The van der Waals surface area contributed by atoms with Crippen LogP contribution in [-0.2, 0) is 0 Å². The van der Waals surface area contributed by atoms with Gasteiger partial charge < -0.3 is 9.40 Å². The summed E-state index contributed by atoms with van der Waals surface area (Å²) in [5, 5.41) is 12.0. The van der Waals surface area contributed by atoms with Crippen LogP contribution < -0.4 is 5.63 Å². The zero-order valence-electron chi connectivity index (χ0n) is 17.9. The van der Waals surface area contributed by atoms with Crippen LogP contribution in [0.5, 0.6) is 0 Å². The Hall–Kier alpha value is -4.95. The van der Waals surface area contributed by atoms with Crippen molar-refractivity contribution in [2.24, 2.45) is 0 Å². The molecule has 0 saturated heterocycles. The second-order valence-corrected chi connectivity index (χ2v) is 7.99. The Bertz CT molecular complexity index is 1790. The molecule has 0 aliphatic heterocycles. The molecule has 0 saturated carbocycles. The van der Waals surface area contributed by atoms with Crippen LogP contribution in [0.15, 0.2) is 106 Å². The fraction of sp³-hybridized carbons (Fsp3) is 0. The fourth-order valence-corrected chi connectivity index (χ4v) is 4.34. The highest BCUT2D eigenvalue weighted by molar-refractivity contribution is 5.98. The Balaban J connectivity index is 1.70. The van der Waals surface area contributed by atoms with E-state index in [2.05, 4.69) is 11.1 Å². The molecule has 0 amide bonds. The molecule has 34 heavy (non-hydrogen) atoms. The van der Waals surface area contributed by atoms with Crippen LogP contribution in [0.2, 0.25) is 0 Å². The highest BCUT2D eigenvalue weighted by Gasteiger charge is 2.20. The molecule has 5 nitrogen and oxygen atoms in total. The lowest BCUT2D eigenvalue weighted by atomic mass is 9.94. The molecule has 5 heteroatoms. The highest BCUT2D eigenvalue weighted by atomic mass is 16.4. The lowest BCUT2D eigenvalue weighted by Gasteiger charge is -2.12. The van der Waals surface area contributed by atoms with E-state index in [0.29, 0.717) is 33.7 Å². The van der Waals surface area contributed by atoms with E-state index in [0.717, 1.165) is 27.4 Å². The minimum absolute atomic E-state index is 0.349. The van der Waals surface area contributed by atoms with Crippen molar-refractivity contribution >= 4 is 21.9 Å². The molecule has 3 aromatic heterocycles. The Kier molecular flexibility index (Phi) is 4.57. The van der Waals surface area contributed by atoms with Crippen molar-refractivity contribution in [1.82, 2.24) is 9.97 Å². The van der Waals surface area contributed by atoms with Crippen molar-refractivity contribution in [3.05, 3.63) is 113 Å². The number of pyridine rings is 1. The average molecular weight is 439 g/mol. The number of benzene rings is 3. The molecule has 6 aromatic rings. The molecule has 1 N–H and O–H groups in total. The summed E-state index contributed by atoms with van der Waals surface area (Å²) in [5.74, 6) is 0. The maximum atomic E-state index is 13.0. The van der Waals surface area contributed by atoms with Crippen molar-refractivity contribution in [3.8, 4) is 39.7 Å². The SMILES string of the molecule is N#Cc1c(-c2ccccc2)cc(-c2cc3ccccc3oc2=O)nc1-c1c[nH]c2ccccc12. The van der Waals surface area contributed by atoms with Gasteiger partial charge in [0, 0.05) is 33.6 Å². The number of aromatic amines is 1. The normalized spacial score (nSPS) is 11.0. The smallest absolute Gasteiger partial charge is 0.345 e. The summed E-state index contributed by atoms with van der Waals surface area (Å²) in [5.41, 5.74) is 5.14. The van der Waals surface area contributed by atoms with Gasteiger partial charge in [-0.05, 0) is 29.8 Å². The van der Waals surface area contributed by atoms with Crippen LogP contribution in [0.3, 0.4) is 0 Å². The standard InChI is InChI=1S/C29H17N3O2/c30-16-23-21(18-8-2-1-3-9-18)15-26(22-14-19-10-4-7-13-27(19)34-29(22)33)32-28(23)24-17-31-25-12-6-5-11-20(24)25/h1-15,17,31H. The number of nitrogens with one attached hydrogen (secondary N) is 1. The zero-order chi connectivity index (χ0) is 23.1. The summed E-state index contributed by atoms with van der Waals surface area (Å²) >= 11 is 0. The number of rotatable bonds is 3. The van der Waals surface area contributed by atoms with Gasteiger partial charge in [0.1, 0.15) is 11.7 Å². The number of para-hydroxylation sites is 2. The first-order valence-corrected chi connectivity index (χ1v) is 10.8. The third kappa shape index (κ3) is 3.17. The second-order valence-electron chi connectivity index (χ2n) is 7.99. The van der Waals surface area contributed by atoms with Crippen LogP contribution >= 0.6 is 0 Å². The number of fused-ring (bicyclic) bond motifs is 2. The summed E-state index contributed by atoms with van der Waals surface area (Å²) in [4.78, 5) is 21.1. The van der Waals surface area contributed by atoms with Gasteiger partial charge in [-0.25, -0.2) is 9.78 Å². The quantitative estimate of drug-likeness (QED) is 0.317. The summed E-state index contributed by atoms with van der Waals surface area (Å²) < 4.78 is 5.58. The van der Waals surface area contributed by atoms with E-state index in [4.69, 9.17) is 9.40 Å². The van der Waals surface area contributed by atoms with Crippen molar-refractivity contribution in [2.45, 2.75) is 0 Å². The summed E-state index contributed by atoms with van der Waals surface area (Å²) in [6.45, 7) is 0. The lowest BCUT2D eigenvalue weighted by molar-refractivity contribution is 0.563. The van der Waals surface area contributed by atoms with Gasteiger partial charge in [0.2, 0.25) is 0 Å². The van der Waals surface area contributed by atoms with Gasteiger partial charge in [-0.1, -0.05) is 66.7 Å². The molecule has 0 aliphatic rings. The van der Waals surface area contributed by atoms with Gasteiger partial charge in [-0.2, -0.15) is 5.26 Å². The van der Waals surface area contributed by atoms with Gasteiger partial charge in [0.15, 0.2) is 0 Å². The van der Waals surface area contributed by atoms with E-state index in [1.807, 2.05) is 79.0 Å². The molecule has 6 rings (SSSR count). The highest BCUT2D eigenvalue weighted by Crippen LogP contribution is 2.37. The predicted octanol–water partition coefficient (Wildman–Crippen LogP) is 6.54. The van der Waals surface area contributed by atoms with E-state index < -0.39 is 5.63 Å². The van der Waals surface area contributed by atoms with E-state index in [-0.39, 0.29) is 0 Å². The van der Waals surface area contributed by atoms with Gasteiger partial charge in [0.05, 0.1) is 22.5 Å². The van der Waals surface area contributed by atoms with Crippen LogP contribution in [0.1, 0.15) is 5.56 Å². The third-order valence-electron chi connectivity index (χ3n) is 5.98. The van der Waals surface area contributed by atoms with Gasteiger partial charge in [0.25, 0.3) is 0 Å². The molecule has 160 valence electrons. The zero-order valence-corrected chi connectivity index (χ0v) is 17.9. The number of nitrogens with zero attached hydrogens (tertiary/aromatic N) is 2. The first-order valence-electron chi connectivity index (χ1n) is 10.8. The molecular formula is C29H17N3O2. The Morgan fingerprint density at radius 1 is 0.824 bits per heavy atom. The van der Waals surface area contributed by atoms with Gasteiger partial charge in [-0.15, -0.1) is 0 Å². The number of aromatic nitrogens is 2. The Labute approximate surface area is 194 Å². The first-order chi connectivity index (χ1) is 16.7. The maximum Gasteiger partial charge on any atom is 0.345 e. The Morgan fingerprint density at radius 3 is 2.44 bits per heavy atom. The van der Waals surface area contributed by atoms with Crippen molar-refractivity contribution in [2.75, 3.05) is 0 Å². The summed E-state index contributed by atoms with van der Waals surface area (Å²) in [6.07, 6.45) is 1.86. The first kappa shape index (κ1) is 19.7. The molecular weight excluding hydrogens is 422 g/mol. The maximum absolute atomic E-state index is 13.0. The van der Waals surface area contributed by atoms with E-state index in [9.17, 15) is 10.1 Å². The molecule has 0 fully saturated rings. The van der Waals surface area contributed by atoms with E-state index in [1.54, 1.807) is 18.2 Å². The Morgan fingerprint density at radius 2 is 1.59 bits per heavy atom. The monoisotopic (exact) mass is 439 g/mol. The largest absolute Gasteiger partial charge is 0.422 e. The van der Waals surface area contributed by atoms with E-state index >= 15 is 0 Å². The third-order valence-corrected chi connectivity index (χ3v) is 5.98. The molecule has 0 spiro atoms. The summed E-state index contributed by atoms with van der Waals surface area (Å²) in [6, 6.07) is 30.9. The van der Waals surface area contributed by atoms with Crippen molar-refractivity contribution in [1.29, 1.82) is 5.26 Å². The molecule has 0 radical (unpaired) electrons. The lowest BCUT2D eigenvalue weighted by Crippen LogP contribution is -2.06. The van der Waals surface area contributed by atoms with Crippen LogP contribution in [0, 0.1) is 11.3 Å². The molecule has 3 aromatic carbocycles. The average Bonchev–Trinajstić information content (AvgIpc) is 3.32. The summed E-state index contributed by atoms with van der Waals surface area (Å²) in [7, 11) is 0.